The van der Waals surface area contributed by atoms with Crippen LogP contribution in [0.4, 0.5) is 10.5 Å². The number of hydrogen-bond donors (Lipinski definition) is 0. The van der Waals surface area contributed by atoms with Crippen LogP contribution >= 0.6 is 0 Å². The average molecular weight is 317 g/mol. The van der Waals surface area contributed by atoms with E-state index in [1.807, 2.05) is 4.90 Å². The molecule has 2 fully saturated rings. The molecule has 0 bridgehead atoms. The number of carbonyl (C=O) groups excluding carboxylic acids is 2. The topological polar surface area (TPSA) is 53.1 Å². The Kier molecular flexibility index (Phi) is 4.15. The van der Waals surface area contributed by atoms with Gasteiger partial charge in [-0.05, 0) is 31.0 Å². The number of hydrogen-bond acceptors (Lipinski definition) is 4. The van der Waals surface area contributed by atoms with E-state index >= 15 is 0 Å². The van der Waals surface area contributed by atoms with E-state index in [0.717, 1.165) is 13.1 Å². The molecule has 1 aromatic carbocycles. The van der Waals surface area contributed by atoms with Crippen molar-refractivity contribution < 1.29 is 14.3 Å². The summed E-state index contributed by atoms with van der Waals surface area (Å²) in [6, 6.07) is 5.85. The van der Waals surface area contributed by atoms with Gasteiger partial charge in [0.05, 0.1) is 0 Å². The predicted octanol–water partition coefficient (Wildman–Crippen LogP) is 1.40. The normalized spacial score (nSPS) is 21.6. The Morgan fingerprint density at radius 2 is 1.87 bits per heavy atom. The average Bonchev–Trinajstić information content (AvgIpc) is 2.89. The number of ether oxygens (including phenoxy) is 1. The molecule has 23 heavy (non-hydrogen) atoms. The fraction of sp³-hybridized carbons (Fsp3) is 0.529. The molecule has 2 heterocycles. The molecule has 6 nitrogen and oxygen atoms in total. The lowest BCUT2D eigenvalue weighted by Gasteiger charge is -2.38. The lowest BCUT2D eigenvalue weighted by atomic mass is 10.1. The van der Waals surface area contributed by atoms with Crippen molar-refractivity contribution >= 4 is 17.7 Å². The Bertz CT molecular complexity index is 624. The largest absolute Gasteiger partial charge is 0.447 e. The fourth-order valence-corrected chi connectivity index (χ4v) is 3.18. The molecule has 3 rings (SSSR count). The zero-order valence-corrected chi connectivity index (χ0v) is 13.9. The highest BCUT2D eigenvalue weighted by molar-refractivity contribution is 5.88. The van der Waals surface area contributed by atoms with Crippen molar-refractivity contribution in [1.82, 2.24) is 9.80 Å². The van der Waals surface area contributed by atoms with Crippen molar-refractivity contribution in [2.24, 2.45) is 0 Å². The summed E-state index contributed by atoms with van der Waals surface area (Å²) in [6.07, 6.45) is -0.419. The smallest absolute Gasteiger partial charge is 0.410 e. The molecule has 2 saturated heterocycles. The maximum Gasteiger partial charge on any atom is 0.410 e. The van der Waals surface area contributed by atoms with Gasteiger partial charge in [-0.2, -0.15) is 0 Å². The molecule has 0 N–H and O–H groups in total. The molecule has 1 unspecified atom stereocenters. The molecule has 0 aliphatic carbocycles. The maximum absolute atomic E-state index is 12.6. The van der Waals surface area contributed by atoms with Crippen molar-refractivity contribution in [1.29, 1.82) is 0 Å². The van der Waals surface area contributed by atoms with E-state index in [-0.39, 0.29) is 12.5 Å². The fourth-order valence-electron chi connectivity index (χ4n) is 3.18. The number of rotatable bonds is 2. The first-order chi connectivity index (χ1) is 11.0. The summed E-state index contributed by atoms with van der Waals surface area (Å²) in [4.78, 5) is 29.5. The predicted molar refractivity (Wildman–Crippen MR) is 87.6 cm³/mol. The van der Waals surface area contributed by atoms with Crippen molar-refractivity contribution in [2.45, 2.75) is 19.9 Å². The number of carbonyl (C=O) groups is 2. The minimum absolute atomic E-state index is 0.0148. The third-order valence-electron chi connectivity index (χ3n) is 4.91. The van der Waals surface area contributed by atoms with E-state index in [2.05, 4.69) is 36.9 Å². The number of likely N-dealkylation sites (N-methyl/N-ethyl adjacent to an activating group) is 1. The van der Waals surface area contributed by atoms with E-state index in [0.29, 0.717) is 13.1 Å². The second-order valence-electron chi connectivity index (χ2n) is 6.23. The molecule has 6 heteroatoms. The minimum Gasteiger partial charge on any atom is -0.447 e. The van der Waals surface area contributed by atoms with E-state index in [1.165, 1.54) is 21.7 Å². The summed E-state index contributed by atoms with van der Waals surface area (Å²) in [7, 11) is 1.62. The van der Waals surface area contributed by atoms with Gasteiger partial charge in [0, 0.05) is 38.9 Å². The third-order valence-corrected chi connectivity index (χ3v) is 4.91. The van der Waals surface area contributed by atoms with Crippen LogP contribution in [-0.4, -0.2) is 67.7 Å². The van der Waals surface area contributed by atoms with Crippen molar-refractivity contribution in [2.75, 3.05) is 44.7 Å². The molecule has 2 aliphatic rings. The molecule has 1 atom stereocenters. The first-order valence-corrected chi connectivity index (χ1v) is 7.98. The van der Waals surface area contributed by atoms with Gasteiger partial charge in [-0.15, -0.1) is 0 Å². The van der Waals surface area contributed by atoms with Crippen LogP contribution in [0.1, 0.15) is 11.1 Å². The van der Waals surface area contributed by atoms with E-state index in [4.69, 9.17) is 4.74 Å². The summed E-state index contributed by atoms with van der Waals surface area (Å²) >= 11 is 0. The van der Waals surface area contributed by atoms with Gasteiger partial charge in [-0.25, -0.2) is 4.79 Å². The van der Waals surface area contributed by atoms with Crippen LogP contribution in [-0.2, 0) is 9.53 Å². The van der Waals surface area contributed by atoms with Gasteiger partial charge in [0.1, 0.15) is 12.6 Å². The standard InChI is InChI=1S/C17H23N3O3/c1-12-5-4-6-14(13(12)2)19-7-9-20(10-8-19)16(21)15-11-23-17(22)18(15)3/h4-6,15H,7-11H2,1-3H3. The molecule has 0 spiro atoms. The lowest BCUT2D eigenvalue weighted by Crippen LogP contribution is -2.54. The highest BCUT2D eigenvalue weighted by atomic mass is 16.6. The van der Waals surface area contributed by atoms with E-state index < -0.39 is 12.1 Å². The quantitative estimate of drug-likeness (QED) is 0.827. The summed E-state index contributed by atoms with van der Waals surface area (Å²) in [5.74, 6) is -0.0148. The number of benzene rings is 1. The first kappa shape index (κ1) is 15.6. The van der Waals surface area contributed by atoms with E-state index in [9.17, 15) is 9.59 Å². The summed E-state index contributed by atoms with van der Waals surface area (Å²) in [5, 5.41) is 0. The van der Waals surface area contributed by atoms with Crippen LogP contribution in [0.3, 0.4) is 0 Å². The summed E-state index contributed by atoms with van der Waals surface area (Å²) in [5.41, 5.74) is 3.82. The van der Waals surface area contributed by atoms with Crippen LogP contribution in [0.25, 0.3) is 0 Å². The van der Waals surface area contributed by atoms with E-state index in [1.54, 1.807) is 7.05 Å². The number of anilines is 1. The van der Waals surface area contributed by atoms with Crippen LogP contribution in [0.2, 0.25) is 0 Å². The van der Waals surface area contributed by atoms with Gasteiger partial charge >= 0.3 is 6.09 Å². The minimum atomic E-state index is -0.477. The molecule has 0 saturated carbocycles. The number of amides is 2. The molecule has 124 valence electrons. The number of cyclic esters (lactones) is 1. The van der Waals surface area contributed by atoms with Gasteiger partial charge in [0.15, 0.2) is 0 Å². The molecule has 2 amide bonds. The highest BCUT2D eigenvalue weighted by Crippen LogP contribution is 2.24. The maximum atomic E-state index is 12.6. The lowest BCUT2D eigenvalue weighted by molar-refractivity contribution is -0.135. The molecule has 2 aliphatic heterocycles. The zero-order chi connectivity index (χ0) is 16.6. The second kappa shape index (κ2) is 6.10. The SMILES string of the molecule is Cc1cccc(N2CCN(C(=O)C3COC(=O)N3C)CC2)c1C. The van der Waals surface area contributed by atoms with Gasteiger partial charge in [0.25, 0.3) is 0 Å². The molecule has 0 aromatic heterocycles. The van der Waals surface area contributed by atoms with Gasteiger partial charge < -0.3 is 14.5 Å². The molecular weight excluding hydrogens is 294 g/mol. The number of nitrogens with zero attached hydrogens (tertiary/aromatic N) is 3. The van der Waals surface area contributed by atoms with Crippen molar-refractivity contribution in [3.05, 3.63) is 29.3 Å². The Labute approximate surface area is 136 Å². The van der Waals surface area contributed by atoms with Crippen LogP contribution in [0.15, 0.2) is 18.2 Å². The monoisotopic (exact) mass is 317 g/mol. The Hall–Kier alpha value is -2.24. The van der Waals surface area contributed by atoms with Crippen LogP contribution < -0.4 is 4.90 Å². The third kappa shape index (κ3) is 2.85. The molecule has 0 radical (unpaired) electrons. The Morgan fingerprint density at radius 1 is 1.17 bits per heavy atom. The summed E-state index contributed by atoms with van der Waals surface area (Å²) in [6.45, 7) is 7.37. The zero-order valence-electron chi connectivity index (χ0n) is 13.9. The van der Waals surface area contributed by atoms with Gasteiger partial charge in [0.2, 0.25) is 5.91 Å². The van der Waals surface area contributed by atoms with Gasteiger partial charge in [-0.3, -0.25) is 9.69 Å². The van der Waals surface area contributed by atoms with Crippen LogP contribution in [0, 0.1) is 13.8 Å². The molecule has 1 aromatic rings. The first-order valence-electron chi connectivity index (χ1n) is 7.98. The molecular formula is C17H23N3O3. The second-order valence-corrected chi connectivity index (χ2v) is 6.23. The summed E-state index contributed by atoms with van der Waals surface area (Å²) < 4.78 is 4.94. The highest BCUT2D eigenvalue weighted by Gasteiger charge is 2.38. The van der Waals surface area contributed by atoms with Crippen molar-refractivity contribution in [3.63, 3.8) is 0 Å². The number of piperazine rings is 1. The number of aryl methyl sites for hydroxylation is 1. The Morgan fingerprint density at radius 3 is 2.48 bits per heavy atom. The Balaban J connectivity index is 1.63. The van der Waals surface area contributed by atoms with Crippen molar-refractivity contribution in [3.8, 4) is 0 Å². The van der Waals surface area contributed by atoms with Crippen LogP contribution in [0.5, 0.6) is 0 Å². The van der Waals surface area contributed by atoms with Gasteiger partial charge in [-0.1, -0.05) is 12.1 Å².